The lowest BCUT2D eigenvalue weighted by Crippen LogP contribution is -2.14. The highest BCUT2D eigenvalue weighted by atomic mass is 32.2. The van der Waals surface area contributed by atoms with Crippen LogP contribution < -0.4 is 10.5 Å². The van der Waals surface area contributed by atoms with E-state index in [9.17, 15) is 8.42 Å². The fourth-order valence-corrected chi connectivity index (χ4v) is 3.18. The van der Waals surface area contributed by atoms with Crippen LogP contribution in [0.5, 0.6) is 0 Å². The van der Waals surface area contributed by atoms with Gasteiger partial charge in [0, 0.05) is 10.6 Å². The third kappa shape index (κ3) is 4.34. The number of nitrogens with one attached hydrogen (secondary N) is 1. The van der Waals surface area contributed by atoms with E-state index < -0.39 is 10.0 Å². The number of rotatable bonds is 5. The van der Waals surface area contributed by atoms with Crippen LogP contribution in [0.1, 0.15) is 23.4 Å². The Labute approximate surface area is 117 Å². The second-order valence-electron chi connectivity index (χ2n) is 4.39. The molecule has 1 aromatic heterocycles. The van der Waals surface area contributed by atoms with E-state index in [1.165, 1.54) is 4.88 Å². The van der Waals surface area contributed by atoms with Crippen LogP contribution in [0.3, 0.4) is 0 Å². The van der Waals surface area contributed by atoms with Crippen LogP contribution in [0.4, 0.5) is 5.69 Å². The Bertz CT molecular complexity index is 619. The molecule has 0 aliphatic heterocycles. The topological polar surface area (TPSA) is 72.2 Å². The number of sulfonamides is 1. The van der Waals surface area contributed by atoms with E-state index >= 15 is 0 Å². The molecule has 0 radical (unpaired) electrons. The molecule has 4 nitrogen and oxygen atoms in total. The first-order valence-electron chi connectivity index (χ1n) is 5.83. The Morgan fingerprint density at radius 2 is 1.95 bits per heavy atom. The van der Waals surface area contributed by atoms with E-state index in [1.807, 2.05) is 23.6 Å². The van der Waals surface area contributed by atoms with E-state index in [-0.39, 0.29) is 11.8 Å². The van der Waals surface area contributed by atoms with Gasteiger partial charge in [-0.15, -0.1) is 11.3 Å². The Balaban J connectivity index is 2.03. The van der Waals surface area contributed by atoms with Gasteiger partial charge < -0.3 is 5.32 Å². The quantitative estimate of drug-likeness (QED) is 0.891. The molecular formula is C13H16N2O2S2. The van der Waals surface area contributed by atoms with Gasteiger partial charge in [0.2, 0.25) is 10.0 Å². The molecular weight excluding hydrogens is 280 g/mol. The van der Waals surface area contributed by atoms with E-state index in [1.54, 1.807) is 23.5 Å². The molecule has 1 atom stereocenters. The normalized spacial score (nSPS) is 13.2. The Morgan fingerprint density at radius 3 is 2.47 bits per heavy atom. The fraction of sp³-hybridized carbons (Fsp3) is 0.231. The molecule has 0 aliphatic rings. The molecule has 0 saturated carbocycles. The van der Waals surface area contributed by atoms with Gasteiger partial charge in [-0.1, -0.05) is 18.2 Å². The zero-order valence-electron chi connectivity index (χ0n) is 10.5. The third-order valence-corrected chi connectivity index (χ3v) is 4.47. The molecule has 6 heteroatoms. The minimum absolute atomic E-state index is 0.131. The Kier molecular flexibility index (Phi) is 4.24. The predicted molar refractivity (Wildman–Crippen MR) is 79.6 cm³/mol. The highest BCUT2D eigenvalue weighted by Crippen LogP contribution is 2.23. The van der Waals surface area contributed by atoms with Crippen molar-refractivity contribution in [2.24, 2.45) is 5.14 Å². The first-order valence-corrected chi connectivity index (χ1v) is 8.43. The summed E-state index contributed by atoms with van der Waals surface area (Å²) in [6, 6.07) is 11.6. The van der Waals surface area contributed by atoms with Gasteiger partial charge in [-0.25, -0.2) is 13.6 Å². The predicted octanol–water partition coefficient (Wildman–Crippen LogP) is 2.71. The molecule has 2 rings (SSSR count). The molecule has 1 heterocycles. The SMILES string of the molecule is CC(Nc1ccc(CS(N)(=O)=O)cc1)c1cccs1. The first kappa shape index (κ1) is 14.0. The van der Waals surface area contributed by atoms with Crippen molar-refractivity contribution in [1.29, 1.82) is 0 Å². The van der Waals surface area contributed by atoms with Crippen LogP contribution in [-0.4, -0.2) is 8.42 Å². The van der Waals surface area contributed by atoms with Crippen LogP contribution in [0, 0.1) is 0 Å². The zero-order chi connectivity index (χ0) is 13.9. The summed E-state index contributed by atoms with van der Waals surface area (Å²) in [5, 5.41) is 10.4. The Hall–Kier alpha value is -1.37. The van der Waals surface area contributed by atoms with Crippen molar-refractivity contribution in [3.8, 4) is 0 Å². The van der Waals surface area contributed by atoms with Crippen molar-refractivity contribution >= 4 is 27.0 Å². The van der Waals surface area contributed by atoms with Gasteiger partial charge in [0.1, 0.15) is 0 Å². The smallest absolute Gasteiger partial charge is 0.213 e. The van der Waals surface area contributed by atoms with Crippen LogP contribution >= 0.6 is 11.3 Å². The lowest BCUT2D eigenvalue weighted by molar-refractivity contribution is 0.597. The maximum absolute atomic E-state index is 11.0. The monoisotopic (exact) mass is 296 g/mol. The number of anilines is 1. The zero-order valence-corrected chi connectivity index (χ0v) is 12.2. The molecule has 0 aliphatic carbocycles. The van der Waals surface area contributed by atoms with Gasteiger partial charge in [0.25, 0.3) is 0 Å². The lowest BCUT2D eigenvalue weighted by Gasteiger charge is -2.14. The molecule has 2 aromatic rings. The first-order chi connectivity index (χ1) is 8.94. The van der Waals surface area contributed by atoms with E-state index in [0.29, 0.717) is 5.56 Å². The molecule has 1 aromatic carbocycles. The summed E-state index contributed by atoms with van der Waals surface area (Å²) in [5.41, 5.74) is 1.65. The minimum Gasteiger partial charge on any atom is -0.378 e. The highest BCUT2D eigenvalue weighted by Gasteiger charge is 2.07. The van der Waals surface area contributed by atoms with Gasteiger partial charge in [0.15, 0.2) is 0 Å². The molecule has 0 spiro atoms. The molecule has 0 bridgehead atoms. The van der Waals surface area contributed by atoms with Crippen molar-refractivity contribution < 1.29 is 8.42 Å². The van der Waals surface area contributed by atoms with Gasteiger partial charge in [-0.2, -0.15) is 0 Å². The Morgan fingerprint density at radius 1 is 1.26 bits per heavy atom. The van der Waals surface area contributed by atoms with Crippen molar-refractivity contribution in [2.75, 3.05) is 5.32 Å². The molecule has 102 valence electrons. The van der Waals surface area contributed by atoms with Crippen molar-refractivity contribution in [3.63, 3.8) is 0 Å². The number of hydrogen-bond donors (Lipinski definition) is 2. The number of primary sulfonamides is 1. The van der Waals surface area contributed by atoms with Crippen LogP contribution in [0.25, 0.3) is 0 Å². The van der Waals surface area contributed by atoms with Crippen molar-refractivity contribution in [3.05, 3.63) is 52.2 Å². The van der Waals surface area contributed by atoms with Gasteiger partial charge in [-0.3, -0.25) is 0 Å². The van der Waals surface area contributed by atoms with Crippen molar-refractivity contribution in [1.82, 2.24) is 0 Å². The summed E-state index contributed by atoms with van der Waals surface area (Å²) in [6.07, 6.45) is 0. The van der Waals surface area contributed by atoms with Crippen LogP contribution in [0.2, 0.25) is 0 Å². The summed E-state index contributed by atoms with van der Waals surface area (Å²) in [7, 11) is -3.47. The van der Waals surface area contributed by atoms with Gasteiger partial charge in [-0.05, 0) is 36.1 Å². The van der Waals surface area contributed by atoms with Crippen LogP contribution in [0.15, 0.2) is 41.8 Å². The number of nitrogens with two attached hydrogens (primary N) is 1. The second-order valence-corrected chi connectivity index (χ2v) is 6.98. The maximum Gasteiger partial charge on any atom is 0.213 e. The molecule has 0 saturated heterocycles. The van der Waals surface area contributed by atoms with Crippen LogP contribution in [-0.2, 0) is 15.8 Å². The van der Waals surface area contributed by atoms with Gasteiger partial charge in [0.05, 0.1) is 11.8 Å². The number of benzene rings is 1. The molecule has 3 N–H and O–H groups in total. The number of hydrogen-bond acceptors (Lipinski definition) is 4. The molecule has 0 amide bonds. The minimum atomic E-state index is -3.47. The average Bonchev–Trinajstić information content (AvgIpc) is 2.83. The van der Waals surface area contributed by atoms with E-state index in [2.05, 4.69) is 18.3 Å². The molecule has 19 heavy (non-hydrogen) atoms. The highest BCUT2D eigenvalue weighted by molar-refractivity contribution is 7.88. The maximum atomic E-state index is 11.0. The molecule has 0 fully saturated rings. The van der Waals surface area contributed by atoms with Crippen molar-refractivity contribution in [2.45, 2.75) is 18.7 Å². The van der Waals surface area contributed by atoms with E-state index in [4.69, 9.17) is 5.14 Å². The summed E-state index contributed by atoms with van der Waals surface area (Å²) >= 11 is 1.70. The number of thiophene rings is 1. The largest absolute Gasteiger partial charge is 0.378 e. The van der Waals surface area contributed by atoms with E-state index in [0.717, 1.165) is 5.69 Å². The summed E-state index contributed by atoms with van der Waals surface area (Å²) in [4.78, 5) is 1.26. The average molecular weight is 296 g/mol. The standard InChI is InChI=1S/C13H16N2O2S2/c1-10(13-3-2-8-18-13)15-12-6-4-11(5-7-12)9-19(14,16)17/h2-8,10,15H,9H2,1H3,(H2,14,16,17). The fourth-order valence-electron chi connectivity index (χ4n) is 1.79. The summed E-state index contributed by atoms with van der Waals surface area (Å²) in [5.74, 6) is -0.131. The summed E-state index contributed by atoms with van der Waals surface area (Å²) < 4.78 is 22.0. The molecule has 1 unspecified atom stereocenters. The lowest BCUT2D eigenvalue weighted by atomic mass is 10.2. The third-order valence-electron chi connectivity index (χ3n) is 2.67. The second kappa shape index (κ2) is 5.73. The summed E-state index contributed by atoms with van der Waals surface area (Å²) in [6.45, 7) is 2.09. The van der Waals surface area contributed by atoms with Gasteiger partial charge >= 0.3 is 0 Å².